The summed E-state index contributed by atoms with van der Waals surface area (Å²) in [6, 6.07) is 10.8. The molecule has 6 rings (SSSR count). The van der Waals surface area contributed by atoms with Crippen molar-refractivity contribution in [2.45, 2.75) is 63.5 Å². The van der Waals surface area contributed by atoms with Crippen LogP contribution >= 0.6 is 23.2 Å². The van der Waals surface area contributed by atoms with Gasteiger partial charge in [0.2, 0.25) is 0 Å². The molecule has 0 unspecified atom stereocenters. The summed E-state index contributed by atoms with van der Waals surface area (Å²) in [6.45, 7) is 4.26. The molecule has 0 aliphatic carbocycles. The number of aromatic hydroxyl groups is 1. The summed E-state index contributed by atoms with van der Waals surface area (Å²) in [6.07, 6.45) is 4.39. The van der Waals surface area contributed by atoms with E-state index in [2.05, 4.69) is 5.32 Å². The summed E-state index contributed by atoms with van der Waals surface area (Å²) in [4.78, 5) is 45.8. The van der Waals surface area contributed by atoms with Gasteiger partial charge in [-0.05, 0) is 86.1 Å². The van der Waals surface area contributed by atoms with Crippen molar-refractivity contribution in [3.8, 4) is 5.75 Å². The van der Waals surface area contributed by atoms with Gasteiger partial charge in [-0.15, -0.1) is 0 Å². The first-order valence-electron chi connectivity index (χ1n) is 16.4. The number of hydrogen-bond acceptors (Lipinski definition) is 6. The zero-order chi connectivity index (χ0) is 32.2. The Balaban J connectivity index is 1.09. The van der Waals surface area contributed by atoms with Crippen molar-refractivity contribution in [3.63, 3.8) is 0 Å². The lowest BCUT2D eigenvalue weighted by molar-refractivity contribution is -0.142. The van der Waals surface area contributed by atoms with Crippen LogP contribution in [-0.4, -0.2) is 95.9 Å². The maximum absolute atomic E-state index is 13.9. The van der Waals surface area contributed by atoms with Crippen molar-refractivity contribution in [3.05, 3.63) is 57.6 Å². The molecular formula is C34H42Cl2N4O6. The number of nitrogens with zero attached hydrogens (tertiary/aromatic N) is 3. The van der Waals surface area contributed by atoms with E-state index in [9.17, 15) is 19.5 Å². The molecule has 4 aliphatic rings. The molecule has 4 amide bonds. The molecule has 0 bridgehead atoms. The SMILES string of the molecule is O=C(O[C@H](Cc1cc(Cl)c(O)c(Cl)c1)C(=O)N1CCC(C2CCOCC2)CC1)N1CCC(N2CCc3ccccc3NC2=O)CC1. The van der Waals surface area contributed by atoms with E-state index in [1.165, 1.54) is 0 Å². The third-order valence-corrected chi connectivity index (χ3v) is 10.7. The minimum absolute atomic E-state index is 0.00547. The van der Waals surface area contributed by atoms with Gasteiger partial charge in [-0.25, -0.2) is 9.59 Å². The molecule has 0 aromatic heterocycles. The van der Waals surface area contributed by atoms with Crippen LogP contribution in [0.3, 0.4) is 0 Å². The Morgan fingerprint density at radius 3 is 2.24 bits per heavy atom. The Kier molecular flexibility index (Phi) is 10.5. The molecular weight excluding hydrogens is 631 g/mol. The number of urea groups is 1. The Morgan fingerprint density at radius 2 is 1.54 bits per heavy atom. The van der Waals surface area contributed by atoms with E-state index in [0.717, 1.165) is 56.6 Å². The van der Waals surface area contributed by atoms with Crippen LogP contribution in [0.25, 0.3) is 0 Å². The summed E-state index contributed by atoms with van der Waals surface area (Å²) < 4.78 is 11.5. The normalized spacial score (nSPS) is 20.9. The van der Waals surface area contributed by atoms with Gasteiger partial charge in [0.05, 0.1) is 10.0 Å². The Labute approximate surface area is 279 Å². The lowest BCUT2D eigenvalue weighted by atomic mass is 9.80. The number of hydrogen-bond donors (Lipinski definition) is 2. The van der Waals surface area contributed by atoms with Crippen molar-refractivity contribution >= 4 is 46.9 Å². The van der Waals surface area contributed by atoms with Crippen LogP contribution in [-0.2, 0) is 27.1 Å². The number of phenols is 1. The molecule has 248 valence electrons. The van der Waals surface area contributed by atoms with Crippen molar-refractivity contribution < 1.29 is 29.0 Å². The molecule has 0 spiro atoms. The van der Waals surface area contributed by atoms with E-state index < -0.39 is 12.2 Å². The first kappa shape index (κ1) is 32.7. The maximum Gasteiger partial charge on any atom is 0.410 e. The molecule has 3 fully saturated rings. The lowest BCUT2D eigenvalue weighted by Crippen LogP contribution is -2.51. The fourth-order valence-corrected chi connectivity index (χ4v) is 7.94. The zero-order valence-electron chi connectivity index (χ0n) is 26.0. The molecule has 4 aliphatic heterocycles. The van der Waals surface area contributed by atoms with Crippen molar-refractivity contribution in [1.82, 2.24) is 14.7 Å². The van der Waals surface area contributed by atoms with E-state index in [4.69, 9.17) is 32.7 Å². The number of fused-ring (bicyclic) bond motifs is 1. The highest BCUT2D eigenvalue weighted by molar-refractivity contribution is 6.37. The van der Waals surface area contributed by atoms with E-state index in [1.807, 2.05) is 29.2 Å². The first-order valence-corrected chi connectivity index (χ1v) is 17.2. The number of phenolic OH excluding ortho intramolecular Hbond substituents is 1. The summed E-state index contributed by atoms with van der Waals surface area (Å²) in [5, 5.41) is 13.2. The minimum Gasteiger partial charge on any atom is -0.505 e. The van der Waals surface area contributed by atoms with Gasteiger partial charge in [-0.1, -0.05) is 41.4 Å². The molecule has 12 heteroatoms. The molecule has 10 nitrogen and oxygen atoms in total. The fraction of sp³-hybridized carbons (Fsp3) is 0.559. The maximum atomic E-state index is 13.9. The van der Waals surface area contributed by atoms with Crippen molar-refractivity contribution in [1.29, 1.82) is 0 Å². The van der Waals surface area contributed by atoms with Crippen LogP contribution in [0.15, 0.2) is 36.4 Å². The number of likely N-dealkylation sites (tertiary alicyclic amines) is 2. The Hall–Kier alpha value is -3.21. The predicted octanol–water partition coefficient (Wildman–Crippen LogP) is 5.97. The molecule has 2 aromatic rings. The monoisotopic (exact) mass is 672 g/mol. The van der Waals surface area contributed by atoms with E-state index in [1.54, 1.807) is 21.9 Å². The average molecular weight is 674 g/mol. The smallest absolute Gasteiger partial charge is 0.410 e. The number of rotatable bonds is 6. The topological polar surface area (TPSA) is 112 Å². The summed E-state index contributed by atoms with van der Waals surface area (Å²) in [5.74, 6) is 0.715. The molecule has 2 N–H and O–H groups in total. The van der Waals surface area contributed by atoms with Crippen LogP contribution in [0.2, 0.25) is 10.0 Å². The third-order valence-electron chi connectivity index (χ3n) is 10.1. The van der Waals surface area contributed by atoms with Crippen molar-refractivity contribution in [2.24, 2.45) is 11.8 Å². The number of carbonyl (C=O) groups excluding carboxylic acids is 3. The zero-order valence-corrected chi connectivity index (χ0v) is 27.5. The van der Waals surface area contributed by atoms with E-state index >= 15 is 0 Å². The van der Waals surface area contributed by atoms with Gasteiger partial charge in [0.1, 0.15) is 0 Å². The number of piperidine rings is 2. The van der Waals surface area contributed by atoms with Gasteiger partial charge in [-0.2, -0.15) is 0 Å². The van der Waals surface area contributed by atoms with Crippen molar-refractivity contribution in [2.75, 3.05) is 51.3 Å². The molecule has 4 heterocycles. The standard InChI is InChI=1S/C34H42Cl2N4O6/c35-27-19-22(20-28(36)31(27)41)21-30(32(42)38-12-5-23(6-13-38)24-10-17-45-18-11-24)46-34(44)39-14-8-26(9-15-39)40-16-7-25-3-1-2-4-29(25)37-33(40)43/h1-4,19-20,23-24,26,30,41H,5-18,21H2,(H,37,43)/t30-/m1/s1. The highest BCUT2D eigenvalue weighted by Gasteiger charge is 2.36. The van der Waals surface area contributed by atoms with Crippen LogP contribution in [0.4, 0.5) is 15.3 Å². The van der Waals surface area contributed by atoms with Gasteiger partial charge >= 0.3 is 12.1 Å². The Bertz CT molecular complexity index is 1400. The number of benzene rings is 2. The van der Waals surface area contributed by atoms with Gasteiger partial charge in [0, 0.05) is 64.1 Å². The second-order valence-electron chi connectivity index (χ2n) is 12.8. The number of halogens is 2. The fourth-order valence-electron chi connectivity index (χ4n) is 7.41. The minimum atomic E-state index is -1.07. The Morgan fingerprint density at radius 1 is 0.913 bits per heavy atom. The quantitative estimate of drug-likeness (QED) is 0.391. The van der Waals surface area contributed by atoms with Crippen LogP contribution < -0.4 is 5.32 Å². The van der Waals surface area contributed by atoms with Crippen LogP contribution in [0, 0.1) is 11.8 Å². The highest BCUT2D eigenvalue weighted by atomic mass is 35.5. The highest BCUT2D eigenvalue weighted by Crippen LogP contribution is 2.35. The number of anilines is 1. The second-order valence-corrected chi connectivity index (χ2v) is 13.7. The third kappa shape index (κ3) is 7.50. The summed E-state index contributed by atoms with van der Waals surface area (Å²) in [5.41, 5.74) is 2.54. The number of para-hydroxylation sites is 1. The van der Waals surface area contributed by atoms with Gasteiger partial charge in [-0.3, -0.25) is 4.79 Å². The van der Waals surface area contributed by atoms with E-state index in [0.29, 0.717) is 63.0 Å². The van der Waals surface area contributed by atoms with Gasteiger partial charge in [0.25, 0.3) is 5.91 Å². The first-order chi connectivity index (χ1) is 22.3. The van der Waals surface area contributed by atoms with Gasteiger partial charge in [0.15, 0.2) is 11.9 Å². The number of amides is 4. The van der Waals surface area contributed by atoms with Crippen LogP contribution in [0.1, 0.15) is 49.7 Å². The summed E-state index contributed by atoms with van der Waals surface area (Å²) >= 11 is 12.4. The lowest BCUT2D eigenvalue weighted by Gasteiger charge is -2.39. The number of nitrogens with one attached hydrogen (secondary N) is 1. The average Bonchev–Trinajstić information content (AvgIpc) is 3.25. The molecule has 0 radical (unpaired) electrons. The number of ether oxygens (including phenoxy) is 2. The second kappa shape index (κ2) is 14.7. The molecule has 0 saturated carbocycles. The number of carbonyl (C=O) groups is 3. The molecule has 3 saturated heterocycles. The molecule has 1 atom stereocenters. The molecule has 2 aromatic carbocycles. The summed E-state index contributed by atoms with van der Waals surface area (Å²) in [7, 11) is 0. The predicted molar refractivity (Wildman–Crippen MR) is 175 cm³/mol. The van der Waals surface area contributed by atoms with Gasteiger partial charge < -0.3 is 34.6 Å². The van der Waals surface area contributed by atoms with Crippen LogP contribution in [0.5, 0.6) is 5.75 Å². The largest absolute Gasteiger partial charge is 0.505 e. The molecule has 46 heavy (non-hydrogen) atoms. The van der Waals surface area contributed by atoms with E-state index in [-0.39, 0.29) is 40.2 Å².